The summed E-state index contributed by atoms with van der Waals surface area (Å²) in [6, 6.07) is -4.70. The fourth-order valence-corrected chi connectivity index (χ4v) is 8.85. The summed E-state index contributed by atoms with van der Waals surface area (Å²) >= 11 is 0. The predicted molar refractivity (Wildman–Crippen MR) is 238 cm³/mol. The van der Waals surface area contributed by atoms with Crippen LogP contribution < -0.4 is 56.5 Å². The Morgan fingerprint density at radius 2 is 0.894 bits per heavy atom. The number of ether oxygens (including phenoxy) is 6. The molecule has 2 saturated carbocycles. The molecular formula is C41H83N11O14. The maximum absolute atomic E-state index is 12.5. The van der Waals surface area contributed by atoms with E-state index < -0.39 is 122 Å². The number of aliphatic hydroxyl groups excluding tert-OH is 6. The Labute approximate surface area is 387 Å². The molecule has 0 aromatic heterocycles. The van der Waals surface area contributed by atoms with Gasteiger partial charge in [0.05, 0.1) is 37.4 Å². The average molecular weight is 954 g/mol. The lowest BCUT2D eigenvalue weighted by Crippen LogP contribution is -2.67. The summed E-state index contributed by atoms with van der Waals surface area (Å²) in [6.45, 7) is 1.45. The minimum atomic E-state index is -1.34. The lowest BCUT2D eigenvalue weighted by Gasteiger charge is -2.46. The highest BCUT2D eigenvalue weighted by atomic mass is 16.7. The van der Waals surface area contributed by atoms with Crippen molar-refractivity contribution in [2.45, 2.75) is 186 Å². The first-order valence-corrected chi connectivity index (χ1v) is 23.5. The third kappa shape index (κ3) is 16.1. The average Bonchev–Trinajstić information content (AvgIpc) is 3.27. The van der Waals surface area contributed by atoms with Crippen molar-refractivity contribution in [3.63, 3.8) is 0 Å². The molecule has 24 N–H and O–H groups in total. The molecule has 2 saturated heterocycles. The summed E-state index contributed by atoms with van der Waals surface area (Å²) in [5.74, 6) is -0.399. The maximum Gasteiger partial charge on any atom is 0.234 e. The van der Waals surface area contributed by atoms with E-state index in [1.165, 1.54) is 0 Å². The van der Waals surface area contributed by atoms with Crippen LogP contribution in [0.25, 0.3) is 0 Å². The van der Waals surface area contributed by atoms with E-state index in [-0.39, 0.29) is 64.0 Å². The Bertz CT molecular complexity index is 1320. The molecule has 25 nitrogen and oxygen atoms in total. The Kier molecular flexibility index (Phi) is 24.1. The largest absolute Gasteiger partial charge is 0.389 e. The first kappa shape index (κ1) is 56.7. The Morgan fingerprint density at radius 1 is 0.530 bits per heavy atom. The third-order valence-electron chi connectivity index (χ3n) is 12.9. The summed E-state index contributed by atoms with van der Waals surface area (Å²) in [5.41, 5.74) is 48.5. The molecule has 66 heavy (non-hydrogen) atoms. The van der Waals surface area contributed by atoms with E-state index in [1.807, 2.05) is 0 Å². The van der Waals surface area contributed by atoms with Gasteiger partial charge in [0.15, 0.2) is 12.6 Å². The highest BCUT2D eigenvalue weighted by Gasteiger charge is 2.50. The van der Waals surface area contributed by atoms with Gasteiger partial charge in [0, 0.05) is 63.6 Å². The van der Waals surface area contributed by atoms with Crippen molar-refractivity contribution in [2.24, 2.45) is 45.9 Å². The van der Waals surface area contributed by atoms with Crippen molar-refractivity contribution >= 4 is 11.8 Å². The highest BCUT2D eigenvalue weighted by Crippen LogP contribution is 2.30. The number of rotatable bonds is 26. The molecule has 386 valence electrons. The number of aliphatic hydroxyl groups is 6. The molecule has 0 aromatic carbocycles. The maximum atomic E-state index is 12.5. The molecule has 2 aliphatic carbocycles. The van der Waals surface area contributed by atoms with Crippen molar-refractivity contribution in [3.05, 3.63) is 0 Å². The van der Waals surface area contributed by atoms with Gasteiger partial charge < -0.3 is 116 Å². The SMILES string of the molecule is CN(CC(=O)NCCCCCCO[C@@H]1[C@@H](O)[C@H](N)C[C@H](N)[C@H]1O[C@H]1O[C@H](CN)[C@@H](O)[C@H](O)[C@H]1N)CC(=O)NCCCCCCO[C@@H]1[C@@H](O)[C@H](N)C[C@H](N)[C@H]1O[C@H]1O[C@H](CN)[C@@H](O)[C@H](O)[C@H]1N. The van der Waals surface area contributed by atoms with Gasteiger partial charge in [-0.1, -0.05) is 25.7 Å². The highest BCUT2D eigenvalue weighted by molar-refractivity contribution is 5.81. The fraction of sp³-hybridized carbons (Fsp3) is 0.951. The number of likely N-dealkylation sites (N-methyl/N-ethyl adjacent to an activating group) is 1. The Balaban J connectivity index is 1.03. The van der Waals surface area contributed by atoms with Gasteiger partial charge in [0.2, 0.25) is 11.8 Å². The zero-order chi connectivity index (χ0) is 48.7. The second-order valence-electron chi connectivity index (χ2n) is 18.4. The molecule has 0 spiro atoms. The molecule has 0 bridgehead atoms. The zero-order valence-electron chi connectivity index (χ0n) is 38.3. The van der Waals surface area contributed by atoms with Crippen LogP contribution in [0.4, 0.5) is 0 Å². The van der Waals surface area contributed by atoms with Gasteiger partial charge in [-0.2, -0.15) is 0 Å². The summed E-state index contributed by atoms with van der Waals surface area (Å²) in [7, 11) is 1.69. The number of hydrogen-bond acceptors (Lipinski definition) is 23. The molecule has 0 unspecified atom stereocenters. The monoisotopic (exact) mass is 954 g/mol. The van der Waals surface area contributed by atoms with E-state index >= 15 is 0 Å². The summed E-state index contributed by atoms with van der Waals surface area (Å²) in [5, 5.41) is 68.7. The second kappa shape index (κ2) is 28.1. The molecule has 25 heteroatoms. The summed E-state index contributed by atoms with van der Waals surface area (Å²) in [4.78, 5) is 26.7. The second-order valence-corrected chi connectivity index (χ2v) is 18.4. The van der Waals surface area contributed by atoms with Crippen LogP contribution in [-0.4, -0.2) is 229 Å². The zero-order valence-corrected chi connectivity index (χ0v) is 38.3. The lowest BCUT2D eigenvalue weighted by molar-refractivity contribution is -0.291. The van der Waals surface area contributed by atoms with E-state index in [2.05, 4.69) is 10.6 Å². The Hall–Kier alpha value is -1.90. The number of unbranched alkanes of at least 4 members (excludes halogenated alkanes) is 6. The molecule has 2 heterocycles. The van der Waals surface area contributed by atoms with Crippen LogP contribution in [0, 0.1) is 0 Å². The number of nitrogens with zero attached hydrogens (tertiary/aromatic N) is 1. The first-order chi connectivity index (χ1) is 31.4. The lowest BCUT2D eigenvalue weighted by atomic mass is 9.84. The van der Waals surface area contributed by atoms with Crippen LogP contribution in [0.5, 0.6) is 0 Å². The molecule has 4 aliphatic rings. The van der Waals surface area contributed by atoms with Gasteiger partial charge in [-0.05, 0) is 45.6 Å². The summed E-state index contributed by atoms with van der Waals surface area (Å²) in [6.07, 6.45) is -8.54. The van der Waals surface area contributed by atoms with Crippen molar-refractivity contribution in [2.75, 3.05) is 59.5 Å². The molecule has 0 radical (unpaired) electrons. The van der Waals surface area contributed by atoms with Crippen LogP contribution in [0.15, 0.2) is 0 Å². The van der Waals surface area contributed by atoms with E-state index in [9.17, 15) is 40.2 Å². The number of carbonyl (C=O) groups excluding carboxylic acids is 2. The van der Waals surface area contributed by atoms with E-state index in [0.29, 0.717) is 25.9 Å². The third-order valence-corrected chi connectivity index (χ3v) is 12.9. The number of nitrogens with one attached hydrogen (secondary N) is 2. The van der Waals surface area contributed by atoms with Crippen molar-refractivity contribution in [1.82, 2.24) is 15.5 Å². The van der Waals surface area contributed by atoms with Crippen LogP contribution in [0.3, 0.4) is 0 Å². The van der Waals surface area contributed by atoms with Gasteiger partial charge in [0.1, 0.15) is 61.0 Å². The van der Waals surface area contributed by atoms with Gasteiger partial charge in [0.25, 0.3) is 0 Å². The molecular weight excluding hydrogens is 871 g/mol. The van der Waals surface area contributed by atoms with Crippen molar-refractivity contribution < 1.29 is 68.6 Å². The van der Waals surface area contributed by atoms with Gasteiger partial charge >= 0.3 is 0 Å². The van der Waals surface area contributed by atoms with E-state index in [4.69, 9.17) is 74.3 Å². The molecule has 4 fully saturated rings. The normalized spacial score (nSPS) is 39.8. The predicted octanol–water partition coefficient (Wildman–Crippen LogP) is -7.88. The standard InChI is InChI=1S/C41H83N11O14/c1-52(18-26(53)50-10-6-2-4-8-12-61-38-30(55)20(44)14-22(46)36(38)65-40-28(48)34(59)32(57)24(16-42)63-40)19-27(54)51-11-7-3-5-9-13-62-39-31(56)21(45)15-23(47)37(39)66-41-29(49)35(60)33(58)25(17-43)64-41/h20-25,28-41,55-60H,2-19,42-49H2,1H3,(H,50,53)(H,51,54)/t20-,21-,22+,23+,24-,25-,28-,29-,30+,31+,32-,33-,34-,35-,36-,37-,38-,39-,40-,41-/m1/s1. The quantitative estimate of drug-likeness (QED) is 0.0358. The fourth-order valence-electron chi connectivity index (χ4n) is 8.85. The van der Waals surface area contributed by atoms with Gasteiger partial charge in [-0.15, -0.1) is 0 Å². The first-order valence-electron chi connectivity index (χ1n) is 23.5. The molecule has 20 atom stereocenters. The molecule has 2 amide bonds. The van der Waals surface area contributed by atoms with E-state index in [0.717, 1.165) is 38.5 Å². The van der Waals surface area contributed by atoms with Gasteiger partial charge in [-0.3, -0.25) is 14.5 Å². The minimum Gasteiger partial charge on any atom is -0.389 e. The molecule has 2 aliphatic heterocycles. The Morgan fingerprint density at radius 3 is 1.26 bits per heavy atom. The van der Waals surface area contributed by atoms with Crippen molar-refractivity contribution in [3.8, 4) is 0 Å². The van der Waals surface area contributed by atoms with Crippen LogP contribution >= 0.6 is 0 Å². The number of nitrogens with two attached hydrogens (primary N) is 8. The summed E-state index contributed by atoms with van der Waals surface area (Å²) < 4.78 is 35.6. The topological polar surface area (TPSA) is 446 Å². The van der Waals surface area contributed by atoms with E-state index in [1.54, 1.807) is 11.9 Å². The molecule has 0 aromatic rings. The van der Waals surface area contributed by atoms with Crippen LogP contribution in [0.2, 0.25) is 0 Å². The van der Waals surface area contributed by atoms with Crippen molar-refractivity contribution in [1.29, 1.82) is 0 Å². The van der Waals surface area contributed by atoms with Crippen LogP contribution in [0.1, 0.15) is 64.2 Å². The molecule has 4 rings (SSSR count). The minimum absolute atomic E-state index is 0.0544. The van der Waals surface area contributed by atoms with Crippen LogP contribution in [-0.2, 0) is 38.0 Å². The smallest absolute Gasteiger partial charge is 0.234 e. The number of amides is 2. The number of carbonyl (C=O) groups is 2. The number of hydrogen-bond donors (Lipinski definition) is 16. The van der Waals surface area contributed by atoms with Gasteiger partial charge in [-0.25, -0.2) is 0 Å².